The third-order valence-corrected chi connectivity index (χ3v) is 9.55. The van der Waals surface area contributed by atoms with E-state index in [1.807, 2.05) is 0 Å². The van der Waals surface area contributed by atoms with Crippen LogP contribution in [0.2, 0.25) is 0 Å². The van der Waals surface area contributed by atoms with E-state index < -0.39 is 5.97 Å². The molecule has 0 fully saturated rings. The van der Waals surface area contributed by atoms with Crippen LogP contribution < -0.4 is 0 Å². The number of hydrogen-bond donors (Lipinski definition) is 1. The first kappa shape index (κ1) is 47.9. The predicted molar refractivity (Wildman–Crippen MR) is 218 cm³/mol. The summed E-state index contributed by atoms with van der Waals surface area (Å²) >= 11 is 0. The van der Waals surface area contributed by atoms with Crippen LogP contribution in [0, 0.1) is 0 Å². The molecular weight excluding hydrogens is 617 g/mol. The number of carboxylic acids is 1. The first-order valence-electron chi connectivity index (χ1n) is 21.6. The molecule has 0 radical (unpaired) electrons. The van der Waals surface area contributed by atoms with Crippen LogP contribution in [0.1, 0.15) is 226 Å². The van der Waals surface area contributed by atoms with Gasteiger partial charge in [0.1, 0.15) is 6.10 Å². The standard InChI is InChI=1S/C46H82O4/c1-3-5-7-9-11-13-15-17-19-21-22-23-25-27-29-31-33-35-37-43-46(49)50-44(41-38-39-42-45(47)48)40-36-34-32-30-28-26-24-20-18-16-14-12-10-8-6-4-2/h11,13,17,19,22-23,27,29,44H,3-10,12,14-16,18,20-21,24-26,28,30-43H2,1-2H3,(H,47,48)/b13-11-,19-17-,23-22-,29-27-. The van der Waals surface area contributed by atoms with Gasteiger partial charge in [0.2, 0.25) is 0 Å². The number of carbonyl (C=O) groups excluding carboxylic acids is 1. The molecule has 0 heterocycles. The molecule has 0 aromatic carbocycles. The first-order chi connectivity index (χ1) is 24.6. The number of ether oxygens (including phenoxy) is 1. The van der Waals surface area contributed by atoms with E-state index in [4.69, 9.17) is 9.84 Å². The van der Waals surface area contributed by atoms with Gasteiger partial charge in [-0.15, -0.1) is 0 Å². The van der Waals surface area contributed by atoms with Crippen molar-refractivity contribution >= 4 is 11.9 Å². The Morgan fingerprint density at radius 1 is 0.440 bits per heavy atom. The van der Waals surface area contributed by atoms with Crippen molar-refractivity contribution in [2.75, 3.05) is 0 Å². The number of hydrogen-bond acceptors (Lipinski definition) is 3. The molecule has 0 aromatic heterocycles. The number of unbranched alkanes of at least 4 members (excludes halogenated alkanes) is 22. The van der Waals surface area contributed by atoms with Gasteiger partial charge in [-0.2, -0.15) is 0 Å². The normalized spacial score (nSPS) is 12.7. The summed E-state index contributed by atoms with van der Waals surface area (Å²) in [6, 6.07) is 0. The number of aliphatic carboxylic acids is 1. The van der Waals surface area contributed by atoms with Crippen molar-refractivity contribution in [3.05, 3.63) is 48.6 Å². The van der Waals surface area contributed by atoms with Crippen LogP contribution in [0.15, 0.2) is 48.6 Å². The van der Waals surface area contributed by atoms with Crippen LogP contribution in [0.3, 0.4) is 0 Å². The fourth-order valence-corrected chi connectivity index (χ4v) is 6.34. The van der Waals surface area contributed by atoms with Crippen molar-refractivity contribution in [2.45, 2.75) is 232 Å². The summed E-state index contributed by atoms with van der Waals surface area (Å²) < 4.78 is 5.90. The Hall–Kier alpha value is -2.10. The third kappa shape index (κ3) is 40.3. The fourth-order valence-electron chi connectivity index (χ4n) is 6.34. The van der Waals surface area contributed by atoms with Crippen molar-refractivity contribution in [3.63, 3.8) is 0 Å². The zero-order valence-corrected chi connectivity index (χ0v) is 33.2. The van der Waals surface area contributed by atoms with Crippen molar-refractivity contribution in [1.29, 1.82) is 0 Å². The van der Waals surface area contributed by atoms with Crippen molar-refractivity contribution < 1.29 is 19.4 Å². The molecule has 0 bridgehead atoms. The molecule has 50 heavy (non-hydrogen) atoms. The van der Waals surface area contributed by atoms with Gasteiger partial charge < -0.3 is 9.84 Å². The molecule has 0 aliphatic rings. The molecular formula is C46H82O4. The Balaban J connectivity index is 3.93. The zero-order chi connectivity index (χ0) is 36.4. The van der Waals surface area contributed by atoms with Gasteiger partial charge in [-0.3, -0.25) is 9.59 Å². The monoisotopic (exact) mass is 699 g/mol. The molecule has 0 rings (SSSR count). The Bertz CT molecular complexity index is 839. The van der Waals surface area contributed by atoms with E-state index in [1.54, 1.807) is 0 Å². The van der Waals surface area contributed by atoms with E-state index in [0.717, 1.165) is 70.6 Å². The number of rotatable bonds is 39. The maximum Gasteiger partial charge on any atom is 0.306 e. The second-order valence-corrected chi connectivity index (χ2v) is 14.5. The van der Waals surface area contributed by atoms with Crippen molar-refractivity contribution in [1.82, 2.24) is 0 Å². The lowest BCUT2D eigenvalue weighted by Crippen LogP contribution is -2.18. The molecule has 290 valence electrons. The van der Waals surface area contributed by atoms with Crippen LogP contribution >= 0.6 is 0 Å². The molecule has 0 spiro atoms. The van der Waals surface area contributed by atoms with Gasteiger partial charge in [-0.1, -0.05) is 178 Å². The summed E-state index contributed by atoms with van der Waals surface area (Å²) in [6.45, 7) is 4.53. The molecule has 4 heteroatoms. The van der Waals surface area contributed by atoms with E-state index in [-0.39, 0.29) is 18.5 Å². The minimum Gasteiger partial charge on any atom is -0.481 e. The maximum absolute atomic E-state index is 12.6. The molecule has 0 aromatic rings. The topological polar surface area (TPSA) is 63.6 Å². The highest BCUT2D eigenvalue weighted by atomic mass is 16.5. The first-order valence-corrected chi connectivity index (χ1v) is 21.6. The van der Waals surface area contributed by atoms with Gasteiger partial charge in [0, 0.05) is 12.8 Å². The van der Waals surface area contributed by atoms with E-state index in [0.29, 0.717) is 12.8 Å². The fraction of sp³-hybridized carbons (Fsp3) is 0.783. The lowest BCUT2D eigenvalue weighted by molar-refractivity contribution is -0.150. The smallest absolute Gasteiger partial charge is 0.306 e. The highest BCUT2D eigenvalue weighted by Crippen LogP contribution is 2.18. The minimum atomic E-state index is -0.748. The van der Waals surface area contributed by atoms with E-state index in [1.165, 1.54) is 122 Å². The third-order valence-electron chi connectivity index (χ3n) is 9.55. The molecule has 0 saturated carbocycles. The Morgan fingerprint density at radius 2 is 0.780 bits per heavy atom. The number of esters is 1. The van der Waals surface area contributed by atoms with Crippen LogP contribution in [0.4, 0.5) is 0 Å². The van der Waals surface area contributed by atoms with Gasteiger partial charge >= 0.3 is 11.9 Å². The average molecular weight is 699 g/mol. The lowest BCUT2D eigenvalue weighted by Gasteiger charge is -2.18. The summed E-state index contributed by atoms with van der Waals surface area (Å²) in [5, 5.41) is 8.97. The molecule has 1 atom stereocenters. The highest BCUT2D eigenvalue weighted by Gasteiger charge is 2.14. The Labute approximate surface area is 311 Å². The lowest BCUT2D eigenvalue weighted by atomic mass is 10.0. The summed E-state index contributed by atoms with van der Waals surface area (Å²) in [5.41, 5.74) is 0. The molecule has 0 aliphatic carbocycles. The minimum absolute atomic E-state index is 0.0634. The largest absolute Gasteiger partial charge is 0.481 e. The van der Waals surface area contributed by atoms with Gasteiger partial charge in [-0.25, -0.2) is 0 Å². The van der Waals surface area contributed by atoms with Crippen LogP contribution in [0.5, 0.6) is 0 Å². The summed E-state index contributed by atoms with van der Waals surface area (Å²) in [5.74, 6) is -0.829. The SMILES string of the molecule is CCCCC/C=C\C/C=C\C/C=C\C/C=C\CCCCCC(=O)OC(CCCCCCCCCCCCCCCCCC)CCCCC(=O)O. The molecule has 0 saturated heterocycles. The average Bonchev–Trinajstić information content (AvgIpc) is 3.10. The summed E-state index contributed by atoms with van der Waals surface area (Å²) in [6.07, 6.45) is 55.6. The van der Waals surface area contributed by atoms with Gasteiger partial charge in [-0.05, 0) is 83.5 Å². The second kappa shape index (κ2) is 41.3. The zero-order valence-electron chi connectivity index (χ0n) is 33.2. The Kier molecular flexibility index (Phi) is 39.6. The van der Waals surface area contributed by atoms with E-state index in [2.05, 4.69) is 62.5 Å². The maximum atomic E-state index is 12.6. The summed E-state index contributed by atoms with van der Waals surface area (Å²) in [7, 11) is 0. The molecule has 0 aliphatic heterocycles. The van der Waals surface area contributed by atoms with Crippen LogP contribution in [-0.4, -0.2) is 23.1 Å². The quantitative estimate of drug-likeness (QED) is 0.0394. The number of carboxylic acid groups (broad SMARTS) is 1. The van der Waals surface area contributed by atoms with Gasteiger partial charge in [0.05, 0.1) is 0 Å². The summed E-state index contributed by atoms with van der Waals surface area (Å²) in [4.78, 5) is 23.5. The predicted octanol–water partition coefficient (Wildman–Crippen LogP) is 15.1. The molecule has 4 nitrogen and oxygen atoms in total. The number of carbonyl (C=O) groups is 2. The van der Waals surface area contributed by atoms with Crippen LogP contribution in [-0.2, 0) is 14.3 Å². The molecule has 0 amide bonds. The second-order valence-electron chi connectivity index (χ2n) is 14.5. The van der Waals surface area contributed by atoms with Crippen molar-refractivity contribution in [3.8, 4) is 0 Å². The van der Waals surface area contributed by atoms with Gasteiger partial charge in [0.25, 0.3) is 0 Å². The van der Waals surface area contributed by atoms with Crippen molar-refractivity contribution in [2.24, 2.45) is 0 Å². The number of allylic oxidation sites excluding steroid dienone is 8. The van der Waals surface area contributed by atoms with Crippen LogP contribution in [0.25, 0.3) is 0 Å². The van der Waals surface area contributed by atoms with E-state index in [9.17, 15) is 9.59 Å². The molecule has 1 unspecified atom stereocenters. The highest BCUT2D eigenvalue weighted by molar-refractivity contribution is 5.69. The Morgan fingerprint density at radius 3 is 1.24 bits per heavy atom. The van der Waals surface area contributed by atoms with E-state index >= 15 is 0 Å². The molecule has 1 N–H and O–H groups in total. The van der Waals surface area contributed by atoms with Gasteiger partial charge in [0.15, 0.2) is 0 Å².